The molecule has 0 saturated heterocycles. The molecule has 2 aromatic heterocycles. The number of nitrogens with one attached hydrogen (secondary N) is 1. The zero-order valence-corrected chi connectivity index (χ0v) is 19.2. The van der Waals surface area contributed by atoms with Gasteiger partial charge >= 0.3 is 11.7 Å². The van der Waals surface area contributed by atoms with Gasteiger partial charge in [-0.25, -0.2) is 9.97 Å². The van der Waals surface area contributed by atoms with E-state index < -0.39 is 51.4 Å². The van der Waals surface area contributed by atoms with Gasteiger partial charge in [-0.3, -0.25) is 4.79 Å². The quantitative estimate of drug-likeness (QED) is 0.335. The highest BCUT2D eigenvalue weighted by atomic mass is 32.2. The number of nitriles is 1. The number of hydrogen-bond donors (Lipinski definition) is 1. The maximum absolute atomic E-state index is 13.3. The van der Waals surface area contributed by atoms with Crippen LogP contribution in [-0.2, 0) is 6.18 Å². The van der Waals surface area contributed by atoms with E-state index in [1.54, 1.807) is 0 Å². The van der Waals surface area contributed by atoms with Crippen LogP contribution in [0, 0.1) is 11.3 Å². The molecule has 0 bridgehead atoms. The normalized spacial score (nSPS) is 14.8. The monoisotopic (exact) mass is 526 g/mol. The molecule has 1 unspecified atom stereocenters. The predicted octanol–water partition coefficient (Wildman–Crippen LogP) is 5.53. The number of carbonyl (C=O) groups is 1. The Morgan fingerprint density at radius 3 is 2.47 bits per heavy atom. The lowest BCUT2D eigenvalue weighted by Crippen LogP contribution is -2.29. The largest absolute Gasteiger partial charge is 0.446 e. The van der Waals surface area contributed by atoms with Crippen LogP contribution < -0.4 is 5.32 Å². The fraction of sp³-hybridized carbons (Fsp3) is 0.318. The molecule has 36 heavy (non-hydrogen) atoms. The molecule has 1 aliphatic carbocycles. The molecule has 0 spiro atoms. The van der Waals surface area contributed by atoms with Gasteiger partial charge in [0.2, 0.25) is 0 Å². The number of aromatic nitrogens is 4. The van der Waals surface area contributed by atoms with Gasteiger partial charge in [-0.05, 0) is 61.9 Å². The zero-order valence-electron chi connectivity index (χ0n) is 18.4. The van der Waals surface area contributed by atoms with Gasteiger partial charge in [0.25, 0.3) is 5.91 Å². The van der Waals surface area contributed by atoms with Gasteiger partial charge in [0.05, 0.1) is 17.2 Å². The van der Waals surface area contributed by atoms with Crippen LogP contribution in [0.25, 0.3) is 5.82 Å². The van der Waals surface area contributed by atoms with Gasteiger partial charge in [0.15, 0.2) is 17.5 Å². The van der Waals surface area contributed by atoms with Crippen LogP contribution in [0.15, 0.2) is 41.4 Å². The first kappa shape index (κ1) is 25.5. The SMILES string of the molecule is CC(NC(=O)c1cc(SC(F)(F)F)cc(C(F)(F)F)c1)c1nc(C2CC2)nn1-c1ccc(C#N)cn1. The summed E-state index contributed by atoms with van der Waals surface area (Å²) >= 11 is -0.744. The molecule has 0 aliphatic heterocycles. The van der Waals surface area contributed by atoms with E-state index in [4.69, 9.17) is 5.26 Å². The summed E-state index contributed by atoms with van der Waals surface area (Å²) in [5.74, 6) is 0.122. The summed E-state index contributed by atoms with van der Waals surface area (Å²) in [6.07, 6.45) is -1.89. The first-order chi connectivity index (χ1) is 16.8. The van der Waals surface area contributed by atoms with Crippen molar-refractivity contribution in [2.24, 2.45) is 0 Å². The van der Waals surface area contributed by atoms with E-state index in [1.807, 2.05) is 6.07 Å². The minimum atomic E-state index is -4.95. The highest BCUT2D eigenvalue weighted by molar-refractivity contribution is 8.00. The summed E-state index contributed by atoms with van der Waals surface area (Å²) in [6, 6.07) is 5.65. The molecule has 1 atom stereocenters. The number of pyridine rings is 1. The van der Waals surface area contributed by atoms with Crippen molar-refractivity contribution in [1.29, 1.82) is 5.26 Å². The Balaban J connectivity index is 1.64. The predicted molar refractivity (Wildman–Crippen MR) is 115 cm³/mol. The highest BCUT2D eigenvalue weighted by Crippen LogP contribution is 2.41. The summed E-state index contributed by atoms with van der Waals surface area (Å²) in [5, 5.41) is 15.9. The van der Waals surface area contributed by atoms with Gasteiger partial charge in [-0.15, -0.1) is 5.10 Å². The number of alkyl halides is 6. The lowest BCUT2D eigenvalue weighted by Gasteiger charge is -2.16. The summed E-state index contributed by atoms with van der Waals surface area (Å²) in [4.78, 5) is 20.7. The standard InChI is InChI=1S/C22H16F6N6OS/c1-11(19-32-18(13-3-4-13)33-34(19)17-5-2-12(9-29)10-30-17)31-20(35)14-6-15(21(23,24)25)8-16(7-14)36-22(26,27)28/h2,5-8,10-11,13H,3-4H2,1H3,(H,31,35). The number of nitrogens with zero attached hydrogens (tertiary/aromatic N) is 5. The van der Waals surface area contributed by atoms with Crippen molar-refractivity contribution in [2.45, 2.75) is 48.3 Å². The van der Waals surface area contributed by atoms with Gasteiger partial charge < -0.3 is 5.32 Å². The Labute approximate surface area is 204 Å². The molecule has 1 fully saturated rings. The third kappa shape index (κ3) is 5.96. The first-order valence-corrected chi connectivity index (χ1v) is 11.3. The number of carbonyl (C=O) groups excluding carboxylic acids is 1. The zero-order chi connectivity index (χ0) is 26.3. The molecule has 1 aliphatic rings. The Morgan fingerprint density at radius 1 is 1.19 bits per heavy atom. The molecule has 7 nitrogen and oxygen atoms in total. The van der Waals surface area contributed by atoms with Crippen LogP contribution in [0.5, 0.6) is 0 Å². The number of hydrogen-bond acceptors (Lipinski definition) is 6. The number of thioether (sulfide) groups is 1. The van der Waals surface area contributed by atoms with Crippen LogP contribution in [0.3, 0.4) is 0 Å². The van der Waals surface area contributed by atoms with Gasteiger partial charge in [-0.1, -0.05) is 0 Å². The second kappa shape index (κ2) is 9.45. The molecule has 4 rings (SSSR count). The maximum atomic E-state index is 13.3. The lowest BCUT2D eigenvalue weighted by molar-refractivity contribution is -0.137. The molecule has 1 amide bonds. The Kier molecular flexibility index (Phi) is 6.70. The molecule has 0 radical (unpaired) electrons. The molecule has 3 aromatic rings. The molecule has 14 heteroatoms. The fourth-order valence-electron chi connectivity index (χ4n) is 3.31. The second-order valence-electron chi connectivity index (χ2n) is 8.02. The summed E-state index contributed by atoms with van der Waals surface area (Å²) in [5.41, 5.74) is -6.50. The molecule has 188 valence electrons. The summed E-state index contributed by atoms with van der Waals surface area (Å²) < 4.78 is 79.6. The van der Waals surface area contributed by atoms with Gasteiger partial charge in [0, 0.05) is 22.6 Å². The van der Waals surface area contributed by atoms with Crippen molar-refractivity contribution < 1.29 is 31.1 Å². The Hall–Kier alpha value is -3.60. The van der Waals surface area contributed by atoms with Crippen molar-refractivity contribution in [3.8, 4) is 11.9 Å². The van der Waals surface area contributed by atoms with E-state index in [2.05, 4.69) is 20.4 Å². The van der Waals surface area contributed by atoms with Crippen LogP contribution in [0.2, 0.25) is 0 Å². The lowest BCUT2D eigenvalue weighted by atomic mass is 10.1. The summed E-state index contributed by atoms with van der Waals surface area (Å²) in [7, 11) is 0. The molecule has 1 aromatic carbocycles. The van der Waals surface area contributed by atoms with Gasteiger partial charge in [-0.2, -0.15) is 36.3 Å². The number of benzene rings is 1. The Morgan fingerprint density at radius 2 is 1.92 bits per heavy atom. The molecule has 1 saturated carbocycles. The van der Waals surface area contributed by atoms with Crippen LogP contribution in [-0.4, -0.2) is 31.2 Å². The van der Waals surface area contributed by atoms with E-state index in [0.717, 1.165) is 18.9 Å². The van der Waals surface area contributed by atoms with E-state index in [9.17, 15) is 31.1 Å². The van der Waals surface area contributed by atoms with E-state index in [-0.39, 0.29) is 11.7 Å². The summed E-state index contributed by atoms with van der Waals surface area (Å²) in [6.45, 7) is 1.51. The van der Waals surface area contributed by atoms with Crippen molar-refractivity contribution in [3.63, 3.8) is 0 Å². The fourth-order valence-corrected chi connectivity index (χ4v) is 3.95. The van der Waals surface area contributed by atoms with Crippen LogP contribution >= 0.6 is 11.8 Å². The smallest absolute Gasteiger partial charge is 0.342 e. The number of amides is 1. The number of rotatable bonds is 6. The third-order valence-electron chi connectivity index (χ3n) is 5.15. The molecular weight excluding hydrogens is 510 g/mol. The first-order valence-electron chi connectivity index (χ1n) is 10.5. The maximum Gasteiger partial charge on any atom is 0.446 e. The number of halogens is 6. The van der Waals surface area contributed by atoms with Crippen molar-refractivity contribution in [3.05, 3.63) is 64.9 Å². The van der Waals surface area contributed by atoms with E-state index in [1.165, 1.54) is 29.9 Å². The molecular formula is C22H16F6N6OS. The highest BCUT2D eigenvalue weighted by Gasteiger charge is 2.35. The van der Waals surface area contributed by atoms with Crippen LogP contribution in [0.4, 0.5) is 26.3 Å². The average Bonchev–Trinajstić information content (AvgIpc) is 3.55. The van der Waals surface area contributed by atoms with E-state index >= 15 is 0 Å². The minimum Gasteiger partial charge on any atom is -0.342 e. The van der Waals surface area contributed by atoms with Crippen LogP contribution in [0.1, 0.15) is 64.9 Å². The van der Waals surface area contributed by atoms with Gasteiger partial charge in [0.1, 0.15) is 6.07 Å². The topological polar surface area (TPSA) is 96.5 Å². The van der Waals surface area contributed by atoms with E-state index in [0.29, 0.717) is 29.3 Å². The molecule has 1 N–H and O–H groups in total. The average molecular weight is 526 g/mol. The second-order valence-corrected chi connectivity index (χ2v) is 9.16. The minimum absolute atomic E-state index is 0.122. The van der Waals surface area contributed by atoms with Crippen molar-refractivity contribution in [1.82, 2.24) is 25.1 Å². The molecule has 2 heterocycles. The van der Waals surface area contributed by atoms with Crippen molar-refractivity contribution in [2.75, 3.05) is 0 Å². The Bertz CT molecular complexity index is 1320. The van der Waals surface area contributed by atoms with Crippen molar-refractivity contribution >= 4 is 17.7 Å². The third-order valence-corrected chi connectivity index (χ3v) is 5.85.